The van der Waals surface area contributed by atoms with Gasteiger partial charge in [-0.05, 0) is 19.3 Å². The third kappa shape index (κ3) is 9.94. The predicted molar refractivity (Wildman–Crippen MR) is 80.8 cm³/mol. The zero-order valence-electron chi connectivity index (χ0n) is 12.7. The molecule has 5 nitrogen and oxygen atoms in total. The average Bonchev–Trinajstić information content (AvgIpc) is 2.39. The van der Waals surface area contributed by atoms with Gasteiger partial charge in [-0.2, -0.15) is 0 Å². The van der Waals surface area contributed by atoms with Crippen molar-refractivity contribution in [3.63, 3.8) is 0 Å². The van der Waals surface area contributed by atoms with E-state index in [1.54, 1.807) is 7.11 Å². The molecule has 0 aromatic rings. The highest BCUT2D eigenvalue weighted by Crippen LogP contribution is 2.30. The highest BCUT2D eigenvalue weighted by molar-refractivity contribution is 8.13. The van der Waals surface area contributed by atoms with E-state index in [4.69, 9.17) is 24.9 Å². The number of hydrogen-bond donors (Lipinski definition) is 0. The van der Waals surface area contributed by atoms with Gasteiger partial charge in [0, 0.05) is 36.4 Å². The van der Waals surface area contributed by atoms with Crippen LogP contribution < -0.4 is 0 Å². The maximum atomic E-state index is 11.3. The predicted octanol–water partition coefficient (Wildman–Crippen LogP) is 2.43. The van der Waals surface area contributed by atoms with Crippen LogP contribution in [0.15, 0.2) is 0 Å². The van der Waals surface area contributed by atoms with Crippen LogP contribution in [0.25, 0.3) is 0 Å². The van der Waals surface area contributed by atoms with Gasteiger partial charge in [-0.3, -0.25) is 0 Å². The third-order valence-electron chi connectivity index (χ3n) is 3.40. The lowest BCUT2D eigenvalue weighted by Gasteiger charge is -2.29. The van der Waals surface area contributed by atoms with Crippen molar-refractivity contribution in [1.29, 1.82) is 0 Å². The Labute approximate surface area is 127 Å². The minimum absolute atomic E-state index is 0.0523. The van der Waals surface area contributed by atoms with Gasteiger partial charge in [0.15, 0.2) is 0 Å². The first-order chi connectivity index (χ1) is 9.39. The Morgan fingerprint density at radius 2 is 1.60 bits per heavy atom. The van der Waals surface area contributed by atoms with Gasteiger partial charge in [0.25, 0.3) is 0 Å². The smallest absolute Gasteiger partial charge is 0.233 e. The van der Waals surface area contributed by atoms with Crippen LogP contribution in [0.1, 0.15) is 33.1 Å². The van der Waals surface area contributed by atoms with Crippen molar-refractivity contribution in [2.24, 2.45) is 5.41 Å². The largest absolute Gasteiger partial charge is 0.385 e. The molecule has 0 aliphatic rings. The van der Waals surface area contributed by atoms with E-state index in [0.717, 1.165) is 6.42 Å². The van der Waals surface area contributed by atoms with Crippen molar-refractivity contribution >= 4 is 19.7 Å². The molecule has 0 aromatic carbocycles. The Hall–Kier alpha value is 0.120. The molecule has 0 aliphatic carbocycles. The summed E-state index contributed by atoms with van der Waals surface area (Å²) in [6, 6.07) is 0. The summed E-state index contributed by atoms with van der Waals surface area (Å²) >= 11 is 0. The van der Waals surface area contributed by atoms with Crippen LogP contribution in [0.4, 0.5) is 0 Å². The molecule has 122 valence electrons. The van der Waals surface area contributed by atoms with Crippen molar-refractivity contribution in [2.75, 3.05) is 45.9 Å². The molecule has 0 fully saturated rings. The Kier molecular flexibility index (Phi) is 10.9. The Morgan fingerprint density at radius 1 is 1.00 bits per heavy atom. The molecule has 0 heterocycles. The van der Waals surface area contributed by atoms with E-state index >= 15 is 0 Å². The molecule has 0 spiro atoms. The van der Waals surface area contributed by atoms with Crippen LogP contribution in [0.2, 0.25) is 0 Å². The molecule has 0 rings (SSSR count). The fourth-order valence-electron chi connectivity index (χ4n) is 1.88. The lowest BCUT2D eigenvalue weighted by molar-refractivity contribution is 0.00515. The second kappa shape index (κ2) is 10.8. The molecule has 0 saturated heterocycles. The maximum absolute atomic E-state index is 11.3. The highest BCUT2D eigenvalue weighted by Gasteiger charge is 2.31. The monoisotopic (exact) mass is 330 g/mol. The SMILES string of the molecule is CCC(CC)(COCCOCCCOC)CS(=O)(=O)Cl. The lowest BCUT2D eigenvalue weighted by Crippen LogP contribution is -2.33. The molecular formula is C13H27ClO5S. The van der Waals surface area contributed by atoms with Crippen molar-refractivity contribution in [3.05, 3.63) is 0 Å². The molecule has 0 unspecified atom stereocenters. The van der Waals surface area contributed by atoms with Crippen LogP contribution in [0.3, 0.4) is 0 Å². The van der Waals surface area contributed by atoms with Crippen molar-refractivity contribution < 1.29 is 22.6 Å². The molecule has 0 amide bonds. The molecule has 0 radical (unpaired) electrons. The summed E-state index contributed by atoms with van der Waals surface area (Å²) in [6.45, 7) is 6.57. The number of rotatable bonds is 13. The van der Waals surface area contributed by atoms with Gasteiger partial charge in [-0.1, -0.05) is 13.8 Å². The Balaban J connectivity index is 3.93. The second-order valence-corrected chi connectivity index (χ2v) is 7.68. The van der Waals surface area contributed by atoms with Crippen LogP contribution in [-0.2, 0) is 23.3 Å². The summed E-state index contributed by atoms with van der Waals surface area (Å²) < 4.78 is 38.4. The third-order valence-corrected chi connectivity index (χ3v) is 4.68. The van der Waals surface area contributed by atoms with E-state index in [2.05, 4.69) is 0 Å². The number of halogens is 1. The normalized spacial score (nSPS) is 12.8. The van der Waals surface area contributed by atoms with Gasteiger partial charge in [-0.15, -0.1) is 0 Å². The van der Waals surface area contributed by atoms with Gasteiger partial charge in [-0.25, -0.2) is 8.42 Å². The minimum atomic E-state index is -3.52. The van der Waals surface area contributed by atoms with Gasteiger partial charge >= 0.3 is 0 Å². The highest BCUT2D eigenvalue weighted by atomic mass is 35.7. The van der Waals surface area contributed by atoms with Crippen molar-refractivity contribution in [1.82, 2.24) is 0 Å². The molecule has 0 atom stereocenters. The van der Waals surface area contributed by atoms with Crippen LogP contribution in [-0.4, -0.2) is 54.3 Å². The quantitative estimate of drug-likeness (QED) is 0.383. The van der Waals surface area contributed by atoms with Crippen LogP contribution in [0.5, 0.6) is 0 Å². The summed E-state index contributed by atoms with van der Waals surface area (Å²) in [5.41, 5.74) is -0.406. The Morgan fingerprint density at radius 3 is 2.10 bits per heavy atom. The molecular weight excluding hydrogens is 304 g/mol. The number of hydrogen-bond acceptors (Lipinski definition) is 5. The van der Waals surface area contributed by atoms with Gasteiger partial charge in [0.05, 0.1) is 25.6 Å². The number of ether oxygens (including phenoxy) is 3. The average molecular weight is 331 g/mol. The summed E-state index contributed by atoms with van der Waals surface area (Å²) in [7, 11) is 3.51. The summed E-state index contributed by atoms with van der Waals surface area (Å²) in [6.07, 6.45) is 2.28. The van der Waals surface area contributed by atoms with Gasteiger partial charge in [0.2, 0.25) is 9.05 Å². The first kappa shape index (κ1) is 20.1. The van der Waals surface area contributed by atoms with Crippen LogP contribution >= 0.6 is 10.7 Å². The lowest BCUT2D eigenvalue weighted by atomic mass is 9.85. The van der Waals surface area contributed by atoms with E-state index in [9.17, 15) is 8.42 Å². The molecule has 0 saturated carbocycles. The molecule has 7 heteroatoms. The molecule has 0 bridgehead atoms. The van der Waals surface area contributed by atoms with E-state index in [-0.39, 0.29) is 5.75 Å². The Bertz CT molecular complexity index is 328. The van der Waals surface area contributed by atoms with Crippen LogP contribution in [0, 0.1) is 5.41 Å². The van der Waals surface area contributed by atoms with E-state index < -0.39 is 14.5 Å². The second-order valence-electron chi connectivity index (χ2n) is 4.90. The standard InChI is InChI=1S/C13H27ClO5S/c1-4-13(5-2,12-20(14,15)16)11-19-10-9-18-8-6-7-17-3/h4-12H2,1-3H3. The molecule has 0 aromatic heterocycles. The zero-order chi connectivity index (χ0) is 15.5. The molecule has 0 aliphatic heterocycles. The van der Waals surface area contributed by atoms with E-state index in [0.29, 0.717) is 45.9 Å². The first-order valence-corrected chi connectivity index (χ1v) is 9.43. The minimum Gasteiger partial charge on any atom is -0.385 e. The summed E-state index contributed by atoms with van der Waals surface area (Å²) in [5.74, 6) is -0.0523. The first-order valence-electron chi connectivity index (χ1n) is 6.96. The summed E-state index contributed by atoms with van der Waals surface area (Å²) in [4.78, 5) is 0. The maximum Gasteiger partial charge on any atom is 0.233 e. The van der Waals surface area contributed by atoms with E-state index in [1.807, 2.05) is 13.8 Å². The van der Waals surface area contributed by atoms with Crippen molar-refractivity contribution in [2.45, 2.75) is 33.1 Å². The van der Waals surface area contributed by atoms with Gasteiger partial charge < -0.3 is 14.2 Å². The van der Waals surface area contributed by atoms with Gasteiger partial charge in [0.1, 0.15) is 0 Å². The number of methoxy groups -OCH3 is 1. The zero-order valence-corrected chi connectivity index (χ0v) is 14.3. The summed E-state index contributed by atoms with van der Waals surface area (Å²) in [5, 5.41) is 0. The molecule has 20 heavy (non-hydrogen) atoms. The fraction of sp³-hybridized carbons (Fsp3) is 1.00. The molecule has 0 N–H and O–H groups in total. The van der Waals surface area contributed by atoms with Crippen molar-refractivity contribution in [3.8, 4) is 0 Å². The van der Waals surface area contributed by atoms with E-state index in [1.165, 1.54) is 0 Å². The topological polar surface area (TPSA) is 61.8 Å². The fourth-order valence-corrected chi connectivity index (χ4v) is 3.80.